The van der Waals surface area contributed by atoms with Crippen LogP contribution in [0.2, 0.25) is 0 Å². The molecule has 0 radical (unpaired) electrons. The molecule has 18 N–H and O–H groups in total. The quantitative estimate of drug-likeness (QED) is 0.0364. The zero-order valence-electron chi connectivity index (χ0n) is 45.2. The van der Waals surface area contributed by atoms with Gasteiger partial charge in [0, 0.05) is 0 Å². The minimum Gasteiger partial charge on any atom is -0.480 e. The monoisotopic (exact) mass is 1040 g/mol. The second-order valence-electron chi connectivity index (χ2n) is 22.7. The molecule has 2 saturated heterocycles. The third-order valence-corrected chi connectivity index (χ3v) is 13.3. The van der Waals surface area contributed by atoms with Gasteiger partial charge in [-0.1, -0.05) is 0 Å². The van der Waals surface area contributed by atoms with E-state index in [-0.39, 0.29) is 32.2 Å². The Morgan fingerprint density at radius 1 is 0.466 bits per heavy atom. The lowest BCUT2D eigenvalue weighted by atomic mass is 9.87. The van der Waals surface area contributed by atoms with Crippen LogP contribution in [0.1, 0.15) is 147 Å². The largest absolute Gasteiger partial charge is 0.480 e. The molecule has 0 bridgehead atoms. The highest BCUT2D eigenvalue weighted by atomic mass is 16.4. The van der Waals surface area contributed by atoms with Crippen LogP contribution in [0.5, 0.6) is 0 Å². The minimum atomic E-state index is -1.71. The van der Waals surface area contributed by atoms with E-state index >= 15 is 0 Å². The average Bonchev–Trinajstić information content (AvgIpc) is 3.27. The number of rotatable bonds is 27. The maximum Gasteiger partial charge on any atom is 0.329 e. The summed E-state index contributed by atoms with van der Waals surface area (Å²) in [6.07, 6.45) is 2.96. The van der Waals surface area contributed by atoms with Crippen molar-refractivity contribution in [1.82, 2.24) is 58.5 Å². The van der Waals surface area contributed by atoms with Crippen LogP contribution in [0.3, 0.4) is 0 Å². The maximum atomic E-state index is 13.9. The van der Waals surface area contributed by atoms with Gasteiger partial charge in [0.25, 0.3) is 0 Å². The van der Waals surface area contributed by atoms with Crippen molar-refractivity contribution >= 4 is 59.1 Å². The summed E-state index contributed by atoms with van der Waals surface area (Å²) in [7, 11) is 0. The second-order valence-corrected chi connectivity index (χ2v) is 22.7. The number of hydrogen-bond donors (Lipinski definition) is 15. The Balaban J connectivity index is 2.18. The predicted molar refractivity (Wildman–Crippen MR) is 273 cm³/mol. The van der Waals surface area contributed by atoms with Crippen LogP contribution in [0.15, 0.2) is 0 Å². The number of nitrogens with two attached hydrogens (primary N) is 3. The van der Waals surface area contributed by atoms with Crippen LogP contribution < -0.4 is 75.7 Å². The van der Waals surface area contributed by atoms with E-state index in [4.69, 9.17) is 17.2 Å². The molecule has 0 aromatic rings. The van der Waals surface area contributed by atoms with Crippen LogP contribution in [-0.4, -0.2) is 160 Å². The number of hydrogen-bond acceptors (Lipinski definition) is 15. The molecule has 2 aliphatic rings. The Hall–Kier alpha value is -5.50. The Bertz CT molecular complexity index is 2030. The lowest BCUT2D eigenvalue weighted by molar-refractivity contribution is -0.150. The van der Waals surface area contributed by atoms with Gasteiger partial charge in [0.1, 0.15) is 50.9 Å². The molecular formula is C48H88N14O11. The van der Waals surface area contributed by atoms with Gasteiger partial charge in [-0.15, -0.1) is 0 Å². The minimum absolute atomic E-state index is 0.0805. The fraction of sp³-hybridized carbons (Fsp3) is 0.792. The Morgan fingerprint density at radius 3 is 1.12 bits per heavy atom. The summed E-state index contributed by atoms with van der Waals surface area (Å²) in [4.78, 5) is 135. The third-order valence-electron chi connectivity index (χ3n) is 13.3. The molecule has 0 saturated carbocycles. The van der Waals surface area contributed by atoms with E-state index in [2.05, 4.69) is 58.5 Å². The van der Waals surface area contributed by atoms with E-state index in [1.807, 2.05) is 0 Å². The number of carboxylic acids is 1. The lowest BCUT2D eigenvalue weighted by Gasteiger charge is -2.38. The molecule has 25 nitrogen and oxygen atoms in total. The molecule has 2 heterocycles. The smallest absolute Gasteiger partial charge is 0.329 e. The van der Waals surface area contributed by atoms with Crippen molar-refractivity contribution in [2.75, 3.05) is 39.3 Å². The van der Waals surface area contributed by atoms with Gasteiger partial charge in [0.2, 0.25) is 53.2 Å². The normalized spacial score (nSPS) is 17.0. The Morgan fingerprint density at radius 2 is 0.781 bits per heavy atom. The predicted octanol–water partition coefficient (Wildman–Crippen LogP) is -3.01. The van der Waals surface area contributed by atoms with Gasteiger partial charge in [0.05, 0.1) is 5.54 Å². The highest BCUT2D eigenvalue weighted by Crippen LogP contribution is 2.22. The Labute approximate surface area is 429 Å². The van der Waals surface area contributed by atoms with Crippen molar-refractivity contribution in [3.8, 4) is 0 Å². The van der Waals surface area contributed by atoms with Gasteiger partial charge in [-0.05, 0) is 187 Å². The summed E-state index contributed by atoms with van der Waals surface area (Å²) in [5, 5.41) is 40.0. The van der Waals surface area contributed by atoms with Crippen molar-refractivity contribution in [2.24, 2.45) is 17.2 Å². The van der Waals surface area contributed by atoms with E-state index in [0.717, 1.165) is 0 Å². The average molecular weight is 1040 g/mol. The van der Waals surface area contributed by atoms with Gasteiger partial charge in [-0.3, -0.25) is 43.2 Å². The SMILES string of the molecule is CC(C)(NC(=O)[C@H](CCCCN)NC(=O)C(C)(C)NC(=O)C(C)(C)NC(=O)C1(N)CCNCC1)C(=O)NC(C)(C)C(=O)N[C@@H](CCCCN)C(=O)NC(C)(C)C(=O)NC(C)(C)C(=O)NC1(C(=O)O)CCNCC1. The second kappa shape index (κ2) is 25.6. The van der Waals surface area contributed by atoms with Crippen LogP contribution in [0.4, 0.5) is 0 Å². The van der Waals surface area contributed by atoms with E-state index in [1.54, 1.807) is 0 Å². The number of piperidine rings is 2. The number of unbranched alkanes of at least 4 members (excludes halogenated alkanes) is 2. The third kappa shape index (κ3) is 18.1. The van der Waals surface area contributed by atoms with Crippen LogP contribution in [0.25, 0.3) is 0 Å². The number of carboxylic acid groups (broad SMARTS) is 1. The first-order chi connectivity index (χ1) is 33.4. The number of carbonyl (C=O) groups excluding carboxylic acids is 9. The molecule has 416 valence electrons. The van der Waals surface area contributed by atoms with Crippen LogP contribution in [-0.2, 0) is 47.9 Å². The van der Waals surface area contributed by atoms with Crippen molar-refractivity contribution in [3.05, 3.63) is 0 Å². The first-order valence-electron chi connectivity index (χ1n) is 25.2. The topological polar surface area (TPSA) is 401 Å². The zero-order chi connectivity index (χ0) is 56.0. The number of aliphatic carboxylic acids is 1. The molecule has 73 heavy (non-hydrogen) atoms. The summed E-state index contributed by atoms with van der Waals surface area (Å²) in [6.45, 7) is 19.4. The molecule has 2 fully saturated rings. The van der Waals surface area contributed by atoms with Gasteiger partial charge in [-0.25, -0.2) is 4.79 Å². The summed E-state index contributed by atoms with van der Waals surface area (Å²) in [6, 6.07) is -2.45. The van der Waals surface area contributed by atoms with E-state index in [9.17, 15) is 53.1 Å². The van der Waals surface area contributed by atoms with Crippen LogP contribution in [0, 0.1) is 0 Å². The summed E-state index contributed by atoms with van der Waals surface area (Å²) in [5.74, 6) is -7.78. The fourth-order valence-corrected chi connectivity index (χ4v) is 7.78. The summed E-state index contributed by atoms with van der Waals surface area (Å²) in [5.41, 5.74) is 5.30. The highest BCUT2D eigenvalue weighted by Gasteiger charge is 2.47. The van der Waals surface area contributed by atoms with Crippen molar-refractivity contribution < 1.29 is 53.1 Å². The lowest BCUT2D eigenvalue weighted by Crippen LogP contribution is -2.68. The zero-order valence-corrected chi connectivity index (χ0v) is 45.2. The Kier molecular flexibility index (Phi) is 22.3. The first-order valence-corrected chi connectivity index (χ1v) is 25.2. The van der Waals surface area contributed by atoms with Crippen LogP contribution >= 0.6 is 0 Å². The van der Waals surface area contributed by atoms with Crippen molar-refractivity contribution in [1.29, 1.82) is 0 Å². The molecule has 0 aromatic heterocycles. The molecule has 2 rings (SSSR count). The molecular weight excluding hydrogens is 949 g/mol. The van der Waals surface area contributed by atoms with Gasteiger partial charge < -0.3 is 80.8 Å². The highest BCUT2D eigenvalue weighted by molar-refractivity contribution is 6.02. The van der Waals surface area contributed by atoms with E-state index in [1.165, 1.54) is 83.1 Å². The van der Waals surface area contributed by atoms with Crippen molar-refractivity contribution in [3.63, 3.8) is 0 Å². The molecule has 9 amide bonds. The summed E-state index contributed by atoms with van der Waals surface area (Å²) < 4.78 is 0. The molecule has 25 heteroatoms. The molecule has 0 aliphatic carbocycles. The van der Waals surface area contributed by atoms with E-state index in [0.29, 0.717) is 71.2 Å². The molecule has 2 aliphatic heterocycles. The van der Waals surface area contributed by atoms with E-state index < -0.39 is 116 Å². The van der Waals surface area contributed by atoms with Gasteiger partial charge >= 0.3 is 5.97 Å². The summed E-state index contributed by atoms with van der Waals surface area (Å²) >= 11 is 0. The molecule has 0 aromatic carbocycles. The fourth-order valence-electron chi connectivity index (χ4n) is 7.78. The molecule has 0 unspecified atom stereocenters. The number of amides is 9. The maximum absolute atomic E-state index is 13.9. The van der Waals surface area contributed by atoms with Gasteiger partial charge in [-0.2, -0.15) is 0 Å². The van der Waals surface area contributed by atoms with Gasteiger partial charge in [0.15, 0.2) is 0 Å². The molecule has 2 atom stereocenters. The standard InChI is InChI=1S/C48H88N14O11/c1-41(2,33(65)54-30(18-14-16-24-50)32(64)57-44(7,8)36(68)60-46(11,12)38(70)62-48(40(72)73)21-27-53-28-22-48)58-35(67)43(5,6)56-31(63)29(17-13-15-23-49)55-34(66)42(3,4)59-37(69)45(9,10)61-39(71)47(51)19-25-52-26-20-47/h29-30,52-53H,13-28,49-51H2,1-12H3,(H,54,65)(H,55,66)(H,56,63)(H,57,64)(H,58,67)(H,59,69)(H,60,68)(H,61,71)(H,62,70)(H,72,73)/t29-,30-/m0/s1. The number of carbonyl (C=O) groups is 10. The first kappa shape index (κ1) is 63.6. The van der Waals surface area contributed by atoms with Crippen molar-refractivity contribution in [2.45, 2.75) is 204 Å². The number of nitrogens with one attached hydrogen (secondary N) is 11. The molecule has 0 spiro atoms.